The van der Waals surface area contributed by atoms with Gasteiger partial charge in [-0.2, -0.15) is 0 Å². The van der Waals surface area contributed by atoms with Crippen molar-refractivity contribution in [3.63, 3.8) is 0 Å². The van der Waals surface area contributed by atoms with Gasteiger partial charge in [0, 0.05) is 17.0 Å². The highest BCUT2D eigenvalue weighted by Crippen LogP contribution is 2.35. The number of hydrogen-bond donors (Lipinski definition) is 2. The number of carbonyl (C=O) groups excluding carboxylic acids is 1. The third-order valence-corrected chi connectivity index (χ3v) is 4.44. The highest BCUT2D eigenvalue weighted by atomic mass is 35.5. The maximum atomic E-state index is 12.4. The topological polar surface area (TPSA) is 64.3 Å². The SMILES string of the molecule is COc1cc(Cl)c(C)cc1NC(=O)[C@@H]1CCC[C@@H]1CN.Cl. The van der Waals surface area contributed by atoms with Crippen LogP contribution < -0.4 is 15.8 Å². The second-order valence-electron chi connectivity index (χ2n) is 5.32. The largest absolute Gasteiger partial charge is 0.495 e. The molecule has 1 aliphatic carbocycles. The first-order valence-electron chi connectivity index (χ1n) is 6.92. The van der Waals surface area contributed by atoms with Gasteiger partial charge in [-0.3, -0.25) is 4.79 Å². The number of ether oxygens (including phenoxy) is 1. The Bertz CT molecular complexity index is 509. The van der Waals surface area contributed by atoms with Gasteiger partial charge in [-0.1, -0.05) is 18.0 Å². The highest BCUT2D eigenvalue weighted by Gasteiger charge is 2.32. The smallest absolute Gasteiger partial charge is 0.227 e. The van der Waals surface area contributed by atoms with Gasteiger partial charge in [0.2, 0.25) is 5.91 Å². The number of halogens is 2. The molecule has 1 aliphatic rings. The fourth-order valence-corrected chi connectivity index (χ4v) is 2.97. The molecule has 2 rings (SSSR count). The lowest BCUT2D eigenvalue weighted by molar-refractivity contribution is -0.120. The molecule has 118 valence electrons. The molecule has 3 N–H and O–H groups in total. The maximum Gasteiger partial charge on any atom is 0.227 e. The molecule has 1 aromatic carbocycles. The molecule has 0 unspecified atom stereocenters. The summed E-state index contributed by atoms with van der Waals surface area (Å²) in [7, 11) is 1.56. The molecule has 6 heteroatoms. The summed E-state index contributed by atoms with van der Waals surface area (Å²) < 4.78 is 5.27. The second kappa shape index (κ2) is 7.87. The third-order valence-electron chi connectivity index (χ3n) is 4.04. The summed E-state index contributed by atoms with van der Waals surface area (Å²) in [6.07, 6.45) is 3.00. The number of nitrogens with one attached hydrogen (secondary N) is 1. The van der Waals surface area contributed by atoms with Crippen LogP contribution in [0.5, 0.6) is 5.75 Å². The molecule has 1 aromatic rings. The van der Waals surface area contributed by atoms with Gasteiger partial charge in [0.1, 0.15) is 5.75 Å². The number of hydrogen-bond acceptors (Lipinski definition) is 3. The predicted molar refractivity (Wildman–Crippen MR) is 88.5 cm³/mol. The second-order valence-corrected chi connectivity index (χ2v) is 5.73. The number of anilines is 1. The minimum atomic E-state index is 0. The Morgan fingerprint density at radius 1 is 1.48 bits per heavy atom. The molecule has 0 aromatic heterocycles. The van der Waals surface area contributed by atoms with Crippen LogP contribution in [0.2, 0.25) is 5.02 Å². The van der Waals surface area contributed by atoms with Crippen LogP contribution in [0.1, 0.15) is 24.8 Å². The van der Waals surface area contributed by atoms with Crippen LogP contribution in [0.3, 0.4) is 0 Å². The number of carbonyl (C=O) groups is 1. The summed E-state index contributed by atoms with van der Waals surface area (Å²) in [6, 6.07) is 3.56. The van der Waals surface area contributed by atoms with Gasteiger partial charge in [-0.25, -0.2) is 0 Å². The first kappa shape index (κ1) is 18.1. The van der Waals surface area contributed by atoms with Crippen LogP contribution in [-0.4, -0.2) is 19.6 Å². The van der Waals surface area contributed by atoms with Crippen molar-refractivity contribution in [2.75, 3.05) is 19.0 Å². The van der Waals surface area contributed by atoms with Crippen LogP contribution in [0, 0.1) is 18.8 Å². The number of aryl methyl sites for hydroxylation is 1. The Balaban J connectivity index is 0.00000220. The van der Waals surface area contributed by atoms with Gasteiger partial charge in [0.15, 0.2) is 0 Å². The van der Waals surface area contributed by atoms with E-state index in [1.807, 2.05) is 13.0 Å². The van der Waals surface area contributed by atoms with Crippen molar-refractivity contribution in [2.45, 2.75) is 26.2 Å². The maximum absolute atomic E-state index is 12.4. The molecule has 0 aliphatic heterocycles. The van der Waals surface area contributed by atoms with E-state index in [4.69, 9.17) is 22.1 Å². The van der Waals surface area contributed by atoms with E-state index >= 15 is 0 Å². The first-order chi connectivity index (χ1) is 9.56. The van der Waals surface area contributed by atoms with Crippen LogP contribution >= 0.6 is 24.0 Å². The molecular weight excluding hydrogens is 311 g/mol. The zero-order valence-electron chi connectivity index (χ0n) is 12.3. The number of amides is 1. The average Bonchev–Trinajstić information content (AvgIpc) is 2.91. The molecule has 1 saturated carbocycles. The van der Waals surface area contributed by atoms with Gasteiger partial charge in [0.25, 0.3) is 0 Å². The minimum Gasteiger partial charge on any atom is -0.495 e. The molecule has 2 atom stereocenters. The van der Waals surface area contributed by atoms with Gasteiger partial charge < -0.3 is 15.8 Å². The van der Waals surface area contributed by atoms with Crippen molar-refractivity contribution in [3.8, 4) is 5.75 Å². The predicted octanol–water partition coefficient (Wildman–Crippen LogP) is 3.39. The van der Waals surface area contributed by atoms with Gasteiger partial charge in [-0.15, -0.1) is 12.4 Å². The number of rotatable bonds is 4. The summed E-state index contributed by atoms with van der Waals surface area (Å²) in [6.45, 7) is 2.46. The van der Waals surface area contributed by atoms with E-state index in [2.05, 4.69) is 5.32 Å². The van der Waals surface area contributed by atoms with Crippen LogP contribution in [0.4, 0.5) is 5.69 Å². The molecule has 0 radical (unpaired) electrons. The van der Waals surface area contributed by atoms with Crippen molar-refractivity contribution in [1.29, 1.82) is 0 Å². The van der Waals surface area contributed by atoms with Gasteiger partial charge >= 0.3 is 0 Å². The molecule has 21 heavy (non-hydrogen) atoms. The molecule has 0 saturated heterocycles. The molecule has 1 amide bonds. The Hall–Kier alpha value is -0.970. The summed E-state index contributed by atoms with van der Waals surface area (Å²) in [5.41, 5.74) is 7.31. The monoisotopic (exact) mass is 332 g/mol. The summed E-state index contributed by atoms with van der Waals surface area (Å²) in [5.74, 6) is 0.893. The Morgan fingerprint density at radius 3 is 2.81 bits per heavy atom. The first-order valence-corrected chi connectivity index (χ1v) is 7.29. The summed E-state index contributed by atoms with van der Waals surface area (Å²) >= 11 is 6.06. The zero-order valence-corrected chi connectivity index (χ0v) is 13.9. The van der Waals surface area contributed by atoms with Crippen molar-refractivity contribution in [2.24, 2.45) is 17.6 Å². The number of nitrogens with two attached hydrogens (primary N) is 1. The van der Waals surface area contributed by atoms with Crippen molar-refractivity contribution < 1.29 is 9.53 Å². The lowest BCUT2D eigenvalue weighted by Gasteiger charge is -2.19. The lowest BCUT2D eigenvalue weighted by atomic mass is 9.95. The molecule has 0 bridgehead atoms. The number of benzene rings is 1. The quantitative estimate of drug-likeness (QED) is 0.888. The van der Waals surface area contributed by atoms with Gasteiger partial charge in [-0.05, 0) is 43.9 Å². The van der Waals surface area contributed by atoms with Crippen LogP contribution in [-0.2, 0) is 4.79 Å². The fraction of sp³-hybridized carbons (Fsp3) is 0.533. The lowest BCUT2D eigenvalue weighted by Crippen LogP contribution is -2.29. The normalized spacial score (nSPS) is 20.8. The van der Waals surface area contributed by atoms with E-state index in [1.54, 1.807) is 13.2 Å². The Labute approximate surface area is 136 Å². The minimum absolute atomic E-state index is 0. The van der Waals surface area contributed by atoms with E-state index in [0.717, 1.165) is 24.8 Å². The third kappa shape index (κ3) is 4.02. The zero-order chi connectivity index (χ0) is 14.7. The summed E-state index contributed by atoms with van der Waals surface area (Å²) in [5, 5.41) is 3.58. The van der Waals surface area contributed by atoms with E-state index in [1.165, 1.54) is 0 Å². The average molecular weight is 333 g/mol. The Morgan fingerprint density at radius 2 is 2.19 bits per heavy atom. The standard InChI is InChI=1S/C15H21ClN2O2.ClH/c1-9-6-13(14(20-2)7-12(9)16)18-15(19)11-5-3-4-10(11)8-17;/h6-7,10-11H,3-5,8,17H2,1-2H3,(H,18,19);1H/t10-,11-;/m1./s1. The summed E-state index contributed by atoms with van der Waals surface area (Å²) in [4.78, 5) is 12.4. The molecule has 0 spiro atoms. The van der Waals surface area contributed by atoms with E-state index < -0.39 is 0 Å². The Kier molecular flexibility index (Phi) is 6.78. The highest BCUT2D eigenvalue weighted by molar-refractivity contribution is 6.31. The van der Waals surface area contributed by atoms with Gasteiger partial charge in [0.05, 0.1) is 12.8 Å². The van der Waals surface area contributed by atoms with E-state index in [-0.39, 0.29) is 30.2 Å². The van der Waals surface area contributed by atoms with E-state index in [9.17, 15) is 4.79 Å². The van der Waals surface area contributed by atoms with Crippen molar-refractivity contribution >= 4 is 35.6 Å². The molecule has 4 nitrogen and oxygen atoms in total. The number of methoxy groups -OCH3 is 1. The molecule has 0 heterocycles. The fourth-order valence-electron chi connectivity index (χ4n) is 2.82. The van der Waals surface area contributed by atoms with E-state index in [0.29, 0.717) is 23.0 Å². The van der Waals surface area contributed by atoms with Crippen molar-refractivity contribution in [3.05, 3.63) is 22.7 Å². The molecule has 1 fully saturated rings. The molecular formula is C15H22Cl2N2O2. The van der Waals surface area contributed by atoms with Crippen LogP contribution in [0.15, 0.2) is 12.1 Å². The van der Waals surface area contributed by atoms with Crippen LogP contribution in [0.25, 0.3) is 0 Å². The van der Waals surface area contributed by atoms with Crippen molar-refractivity contribution in [1.82, 2.24) is 0 Å².